The SMILES string of the molecule is Cn1cnc(CCNC(=O)c2cc3nccc(C(F)(F)F)n3n2)c1. The van der Waals surface area contributed by atoms with E-state index in [1.165, 1.54) is 6.07 Å². The first-order valence-electron chi connectivity index (χ1n) is 7.01. The van der Waals surface area contributed by atoms with Crippen LogP contribution in [0, 0.1) is 0 Å². The molecule has 0 unspecified atom stereocenters. The summed E-state index contributed by atoms with van der Waals surface area (Å²) in [5.74, 6) is -0.565. The molecule has 0 aliphatic rings. The van der Waals surface area contributed by atoms with E-state index < -0.39 is 17.8 Å². The molecule has 0 aliphatic heterocycles. The van der Waals surface area contributed by atoms with Crippen molar-refractivity contribution in [2.45, 2.75) is 12.6 Å². The Balaban J connectivity index is 1.73. The Bertz CT molecular complexity index is 882. The minimum Gasteiger partial charge on any atom is -0.350 e. The van der Waals surface area contributed by atoms with Gasteiger partial charge < -0.3 is 9.88 Å². The highest BCUT2D eigenvalue weighted by Gasteiger charge is 2.34. The third-order valence-corrected chi connectivity index (χ3v) is 3.31. The van der Waals surface area contributed by atoms with Crippen LogP contribution in [-0.4, -0.2) is 36.6 Å². The van der Waals surface area contributed by atoms with Crippen LogP contribution in [0.15, 0.2) is 30.9 Å². The maximum absolute atomic E-state index is 12.9. The molecule has 3 heterocycles. The Morgan fingerprint density at radius 1 is 1.33 bits per heavy atom. The highest BCUT2D eigenvalue weighted by atomic mass is 19.4. The average molecular weight is 338 g/mol. The van der Waals surface area contributed by atoms with E-state index in [9.17, 15) is 18.0 Å². The minimum atomic E-state index is -4.58. The van der Waals surface area contributed by atoms with E-state index in [4.69, 9.17) is 0 Å². The van der Waals surface area contributed by atoms with Crippen LogP contribution in [0.25, 0.3) is 5.65 Å². The summed E-state index contributed by atoms with van der Waals surface area (Å²) in [7, 11) is 1.83. The molecule has 0 spiro atoms. The van der Waals surface area contributed by atoms with Crippen molar-refractivity contribution >= 4 is 11.6 Å². The summed E-state index contributed by atoms with van der Waals surface area (Å²) in [6, 6.07) is 2.02. The van der Waals surface area contributed by atoms with Crippen molar-refractivity contribution in [3.8, 4) is 0 Å². The van der Waals surface area contributed by atoms with Crippen LogP contribution in [0.5, 0.6) is 0 Å². The molecular formula is C14H13F3N6O. The van der Waals surface area contributed by atoms with Crippen molar-refractivity contribution in [3.63, 3.8) is 0 Å². The number of nitrogens with zero attached hydrogens (tertiary/aromatic N) is 5. The van der Waals surface area contributed by atoms with Gasteiger partial charge in [-0.3, -0.25) is 4.79 Å². The topological polar surface area (TPSA) is 77.1 Å². The van der Waals surface area contributed by atoms with Gasteiger partial charge in [-0.25, -0.2) is 14.5 Å². The first-order chi connectivity index (χ1) is 11.3. The van der Waals surface area contributed by atoms with Gasteiger partial charge in [0.1, 0.15) is 5.69 Å². The van der Waals surface area contributed by atoms with Crippen molar-refractivity contribution in [3.05, 3.63) is 47.9 Å². The number of hydrogen-bond donors (Lipinski definition) is 1. The largest absolute Gasteiger partial charge is 0.433 e. The Kier molecular flexibility index (Phi) is 3.96. The third kappa shape index (κ3) is 3.21. The number of alkyl halides is 3. The van der Waals surface area contributed by atoms with E-state index in [1.807, 2.05) is 13.2 Å². The molecule has 0 bridgehead atoms. The molecule has 126 valence electrons. The maximum atomic E-state index is 12.9. The highest BCUT2D eigenvalue weighted by Crippen LogP contribution is 2.28. The summed E-state index contributed by atoms with van der Waals surface area (Å²) >= 11 is 0. The molecule has 3 aromatic heterocycles. The zero-order valence-electron chi connectivity index (χ0n) is 12.6. The lowest BCUT2D eigenvalue weighted by Crippen LogP contribution is -2.26. The number of nitrogens with one attached hydrogen (secondary N) is 1. The van der Waals surface area contributed by atoms with Gasteiger partial charge in [-0.05, 0) is 6.07 Å². The summed E-state index contributed by atoms with van der Waals surface area (Å²) in [5.41, 5.74) is -0.353. The third-order valence-electron chi connectivity index (χ3n) is 3.31. The Morgan fingerprint density at radius 3 is 2.79 bits per heavy atom. The molecule has 3 rings (SSSR count). The number of fused-ring (bicyclic) bond motifs is 1. The Morgan fingerprint density at radius 2 is 2.12 bits per heavy atom. The summed E-state index contributed by atoms with van der Waals surface area (Å²) in [4.78, 5) is 20.0. The Labute approximate surface area is 134 Å². The molecule has 7 nitrogen and oxygen atoms in total. The zero-order valence-corrected chi connectivity index (χ0v) is 12.6. The van der Waals surface area contributed by atoms with Crippen LogP contribution in [0.3, 0.4) is 0 Å². The molecular weight excluding hydrogens is 325 g/mol. The monoisotopic (exact) mass is 338 g/mol. The molecule has 0 fully saturated rings. The lowest BCUT2D eigenvalue weighted by molar-refractivity contribution is -0.142. The predicted molar refractivity (Wildman–Crippen MR) is 77.2 cm³/mol. The fourth-order valence-electron chi connectivity index (χ4n) is 2.21. The molecule has 0 atom stereocenters. The van der Waals surface area contributed by atoms with Crippen molar-refractivity contribution < 1.29 is 18.0 Å². The van der Waals surface area contributed by atoms with E-state index in [1.54, 1.807) is 10.9 Å². The fraction of sp³-hybridized carbons (Fsp3) is 0.286. The summed E-state index contributed by atoms with van der Waals surface area (Å²) < 4.78 is 41.2. The quantitative estimate of drug-likeness (QED) is 0.781. The van der Waals surface area contributed by atoms with Crippen LogP contribution >= 0.6 is 0 Å². The van der Waals surface area contributed by atoms with Crippen LogP contribution in [0.2, 0.25) is 0 Å². The van der Waals surface area contributed by atoms with Crippen molar-refractivity contribution in [2.24, 2.45) is 7.05 Å². The summed E-state index contributed by atoms with van der Waals surface area (Å²) in [6.07, 6.45) is 0.411. The van der Waals surface area contributed by atoms with Gasteiger partial charge in [0.2, 0.25) is 0 Å². The van der Waals surface area contributed by atoms with Crippen LogP contribution in [-0.2, 0) is 19.6 Å². The van der Waals surface area contributed by atoms with Gasteiger partial charge in [0.05, 0.1) is 12.0 Å². The number of hydrogen-bond acceptors (Lipinski definition) is 4. The molecule has 10 heteroatoms. The molecule has 0 aliphatic carbocycles. The normalized spacial score (nSPS) is 11.8. The van der Waals surface area contributed by atoms with Crippen LogP contribution < -0.4 is 5.32 Å². The molecule has 3 aromatic rings. The van der Waals surface area contributed by atoms with Gasteiger partial charge in [0.15, 0.2) is 11.3 Å². The zero-order chi connectivity index (χ0) is 17.3. The number of imidazole rings is 1. The van der Waals surface area contributed by atoms with E-state index in [0.717, 1.165) is 18.0 Å². The number of aromatic nitrogens is 5. The molecule has 0 saturated carbocycles. The van der Waals surface area contributed by atoms with E-state index >= 15 is 0 Å². The second-order valence-electron chi connectivity index (χ2n) is 5.16. The van der Waals surface area contributed by atoms with Gasteiger partial charge in [-0.15, -0.1) is 0 Å². The van der Waals surface area contributed by atoms with Crippen molar-refractivity contribution in [1.82, 2.24) is 29.5 Å². The maximum Gasteiger partial charge on any atom is 0.433 e. The lowest BCUT2D eigenvalue weighted by Gasteiger charge is -2.07. The van der Waals surface area contributed by atoms with Crippen LogP contribution in [0.4, 0.5) is 13.2 Å². The number of amides is 1. The first-order valence-corrected chi connectivity index (χ1v) is 7.01. The second kappa shape index (κ2) is 5.95. The van der Waals surface area contributed by atoms with Gasteiger partial charge >= 0.3 is 6.18 Å². The minimum absolute atomic E-state index is 0.0419. The number of carbonyl (C=O) groups excluding carboxylic acids is 1. The summed E-state index contributed by atoms with van der Waals surface area (Å²) in [6.45, 7) is 0.295. The standard InChI is InChI=1S/C14H13F3N6O/c1-22-7-9(20-8-22)2-4-19-13(24)10-6-12-18-5-3-11(14(15,16)17)23(12)21-10/h3,5-8H,2,4H2,1H3,(H,19,24). The van der Waals surface area contributed by atoms with Crippen molar-refractivity contribution in [2.75, 3.05) is 6.54 Å². The molecule has 0 saturated heterocycles. The highest BCUT2D eigenvalue weighted by molar-refractivity contribution is 5.93. The smallest absolute Gasteiger partial charge is 0.350 e. The number of aryl methyl sites for hydroxylation is 1. The van der Waals surface area contributed by atoms with Gasteiger partial charge in [-0.2, -0.15) is 18.3 Å². The van der Waals surface area contributed by atoms with Gasteiger partial charge in [-0.1, -0.05) is 0 Å². The Hall–Kier alpha value is -2.91. The van der Waals surface area contributed by atoms with E-state index in [-0.39, 0.29) is 11.3 Å². The molecule has 24 heavy (non-hydrogen) atoms. The molecule has 0 radical (unpaired) electrons. The van der Waals surface area contributed by atoms with Crippen molar-refractivity contribution in [1.29, 1.82) is 0 Å². The number of halogens is 3. The number of rotatable bonds is 4. The molecule has 1 amide bonds. The molecule has 1 N–H and O–H groups in total. The van der Waals surface area contributed by atoms with Crippen LogP contribution in [0.1, 0.15) is 21.9 Å². The lowest BCUT2D eigenvalue weighted by atomic mass is 10.3. The molecule has 0 aromatic carbocycles. The number of carbonyl (C=O) groups is 1. The second-order valence-corrected chi connectivity index (χ2v) is 5.16. The van der Waals surface area contributed by atoms with E-state index in [0.29, 0.717) is 17.5 Å². The average Bonchev–Trinajstić information content (AvgIpc) is 3.11. The first kappa shape index (κ1) is 16.0. The van der Waals surface area contributed by atoms with E-state index in [2.05, 4.69) is 20.4 Å². The van der Waals surface area contributed by atoms with Gasteiger partial charge in [0.25, 0.3) is 5.91 Å². The predicted octanol–water partition coefficient (Wildman–Crippen LogP) is 1.45. The fourth-order valence-corrected chi connectivity index (χ4v) is 2.21. The summed E-state index contributed by atoms with van der Waals surface area (Å²) in [5, 5.41) is 6.31. The van der Waals surface area contributed by atoms with Gasteiger partial charge in [0, 0.05) is 38.5 Å².